The van der Waals surface area contributed by atoms with E-state index in [9.17, 15) is 4.79 Å². The maximum Gasteiger partial charge on any atom is 0.332 e. The van der Waals surface area contributed by atoms with Crippen LogP contribution in [0.25, 0.3) is 0 Å². The molecule has 1 aliphatic rings. The molecule has 0 aliphatic carbocycles. The lowest BCUT2D eigenvalue weighted by Crippen LogP contribution is -2.32. The number of carboxylic acid groups (broad SMARTS) is 1. The number of ether oxygens (including phenoxy) is 2. The van der Waals surface area contributed by atoms with Gasteiger partial charge in [-0.1, -0.05) is 45.4 Å². The third-order valence-corrected chi connectivity index (χ3v) is 3.55. The van der Waals surface area contributed by atoms with Crippen molar-refractivity contribution >= 4 is 5.97 Å². The average Bonchev–Trinajstić information content (AvgIpc) is 2.42. The van der Waals surface area contributed by atoms with Crippen molar-refractivity contribution in [2.75, 3.05) is 6.61 Å². The van der Waals surface area contributed by atoms with E-state index >= 15 is 0 Å². The van der Waals surface area contributed by atoms with Crippen molar-refractivity contribution < 1.29 is 19.4 Å². The molecule has 0 spiro atoms. The number of carboxylic acids is 1. The molecule has 1 rings (SSSR count). The zero-order chi connectivity index (χ0) is 13.9. The summed E-state index contributed by atoms with van der Waals surface area (Å²) in [5, 5.41) is 9.16. The molecule has 0 radical (unpaired) electrons. The van der Waals surface area contributed by atoms with Crippen LogP contribution >= 0.6 is 0 Å². The van der Waals surface area contributed by atoms with Gasteiger partial charge in [0.2, 0.25) is 0 Å². The minimum Gasteiger partial charge on any atom is -0.479 e. The lowest BCUT2D eigenvalue weighted by Gasteiger charge is -2.25. The molecule has 0 saturated carbocycles. The molecule has 0 aromatic carbocycles. The first-order valence-electron chi connectivity index (χ1n) is 7.74. The van der Waals surface area contributed by atoms with Crippen LogP contribution in [0.4, 0.5) is 0 Å². The number of unbranched alkanes of at least 4 members (excludes halogenated alkanes) is 5. The SMILES string of the molecule is CCCCCCCCC(OC1CCCCO1)C(=O)O. The standard InChI is InChI=1S/C15H28O4/c1-2-3-4-5-6-7-10-13(15(16)17)19-14-11-8-9-12-18-14/h13-14H,2-12H2,1H3,(H,16,17). The zero-order valence-electron chi connectivity index (χ0n) is 12.1. The molecule has 1 aliphatic heterocycles. The summed E-state index contributed by atoms with van der Waals surface area (Å²) in [7, 11) is 0. The van der Waals surface area contributed by atoms with Gasteiger partial charge in [-0.25, -0.2) is 4.79 Å². The Morgan fingerprint density at radius 3 is 2.63 bits per heavy atom. The molecule has 1 fully saturated rings. The molecule has 19 heavy (non-hydrogen) atoms. The maximum absolute atomic E-state index is 11.2. The normalized spacial score (nSPS) is 21.2. The Labute approximate surface area is 116 Å². The summed E-state index contributed by atoms with van der Waals surface area (Å²) in [6, 6.07) is 0. The first-order chi connectivity index (χ1) is 9.24. The Kier molecular flexibility index (Phi) is 8.84. The molecule has 112 valence electrons. The second-order valence-corrected chi connectivity index (χ2v) is 5.32. The summed E-state index contributed by atoms with van der Waals surface area (Å²) >= 11 is 0. The van der Waals surface area contributed by atoms with E-state index in [-0.39, 0.29) is 6.29 Å². The highest BCUT2D eigenvalue weighted by Crippen LogP contribution is 2.18. The van der Waals surface area contributed by atoms with Crippen LogP contribution in [0.15, 0.2) is 0 Å². The quantitative estimate of drug-likeness (QED) is 0.616. The fraction of sp³-hybridized carbons (Fsp3) is 0.933. The van der Waals surface area contributed by atoms with Gasteiger partial charge in [-0.05, 0) is 25.7 Å². The van der Waals surface area contributed by atoms with Gasteiger partial charge in [-0.2, -0.15) is 0 Å². The Morgan fingerprint density at radius 2 is 2.00 bits per heavy atom. The summed E-state index contributed by atoms with van der Waals surface area (Å²) in [4.78, 5) is 11.2. The number of rotatable bonds is 10. The van der Waals surface area contributed by atoms with Crippen LogP contribution in [-0.4, -0.2) is 30.1 Å². The van der Waals surface area contributed by atoms with Crippen LogP contribution in [0.2, 0.25) is 0 Å². The number of hydrogen-bond donors (Lipinski definition) is 1. The third kappa shape index (κ3) is 7.53. The van der Waals surface area contributed by atoms with Gasteiger partial charge in [-0.15, -0.1) is 0 Å². The van der Waals surface area contributed by atoms with Crippen LogP contribution < -0.4 is 0 Å². The number of carbonyl (C=O) groups is 1. The van der Waals surface area contributed by atoms with E-state index < -0.39 is 12.1 Å². The minimum absolute atomic E-state index is 0.310. The number of aliphatic carboxylic acids is 1. The van der Waals surface area contributed by atoms with Crippen molar-refractivity contribution in [3.05, 3.63) is 0 Å². The largest absolute Gasteiger partial charge is 0.479 e. The molecule has 0 bridgehead atoms. The van der Waals surface area contributed by atoms with Crippen LogP contribution in [0, 0.1) is 0 Å². The van der Waals surface area contributed by atoms with Crippen molar-refractivity contribution in [2.24, 2.45) is 0 Å². The van der Waals surface area contributed by atoms with E-state index in [4.69, 9.17) is 14.6 Å². The van der Waals surface area contributed by atoms with Gasteiger partial charge >= 0.3 is 5.97 Å². The van der Waals surface area contributed by atoms with Gasteiger partial charge in [0.25, 0.3) is 0 Å². The van der Waals surface area contributed by atoms with Crippen molar-refractivity contribution in [2.45, 2.75) is 83.5 Å². The molecule has 1 heterocycles. The molecular weight excluding hydrogens is 244 g/mol. The van der Waals surface area contributed by atoms with Crippen LogP contribution in [0.5, 0.6) is 0 Å². The van der Waals surface area contributed by atoms with Gasteiger partial charge in [0.05, 0.1) is 0 Å². The first-order valence-corrected chi connectivity index (χ1v) is 7.74. The van der Waals surface area contributed by atoms with E-state index in [0.717, 1.165) is 32.1 Å². The van der Waals surface area contributed by atoms with Crippen LogP contribution in [0.1, 0.15) is 71.1 Å². The highest BCUT2D eigenvalue weighted by molar-refractivity contribution is 5.72. The Hall–Kier alpha value is -0.610. The van der Waals surface area contributed by atoms with Crippen molar-refractivity contribution in [1.29, 1.82) is 0 Å². The molecule has 0 aromatic rings. The molecule has 4 nitrogen and oxygen atoms in total. The Bertz CT molecular complexity index is 236. The highest BCUT2D eigenvalue weighted by atomic mass is 16.7. The number of hydrogen-bond acceptors (Lipinski definition) is 3. The van der Waals surface area contributed by atoms with E-state index in [1.54, 1.807) is 0 Å². The van der Waals surface area contributed by atoms with E-state index in [2.05, 4.69) is 6.92 Å². The zero-order valence-corrected chi connectivity index (χ0v) is 12.1. The molecule has 0 amide bonds. The van der Waals surface area contributed by atoms with E-state index in [1.807, 2.05) is 0 Å². The molecule has 2 unspecified atom stereocenters. The van der Waals surface area contributed by atoms with Gasteiger partial charge in [0.1, 0.15) is 0 Å². The van der Waals surface area contributed by atoms with Crippen molar-refractivity contribution in [3.8, 4) is 0 Å². The predicted octanol–water partition coefficient (Wildman–Crippen LogP) is 3.73. The van der Waals surface area contributed by atoms with Gasteiger partial charge in [0, 0.05) is 6.61 Å². The van der Waals surface area contributed by atoms with Gasteiger partial charge in [-0.3, -0.25) is 0 Å². The summed E-state index contributed by atoms with van der Waals surface area (Å²) < 4.78 is 11.0. The van der Waals surface area contributed by atoms with Gasteiger partial charge < -0.3 is 14.6 Å². The highest BCUT2D eigenvalue weighted by Gasteiger charge is 2.24. The topological polar surface area (TPSA) is 55.8 Å². The molecule has 0 aromatic heterocycles. The molecule has 1 N–H and O–H groups in total. The van der Waals surface area contributed by atoms with Crippen LogP contribution in [0.3, 0.4) is 0 Å². The summed E-state index contributed by atoms with van der Waals surface area (Å²) in [6.07, 6.45) is 9.50. The molecule has 1 saturated heterocycles. The molecule has 2 atom stereocenters. The lowest BCUT2D eigenvalue weighted by atomic mass is 10.1. The fourth-order valence-electron chi connectivity index (χ4n) is 2.36. The summed E-state index contributed by atoms with van der Waals surface area (Å²) in [5.41, 5.74) is 0. The lowest BCUT2D eigenvalue weighted by molar-refractivity contribution is -0.201. The second-order valence-electron chi connectivity index (χ2n) is 5.32. The van der Waals surface area contributed by atoms with E-state index in [0.29, 0.717) is 13.0 Å². The van der Waals surface area contributed by atoms with Crippen molar-refractivity contribution in [3.63, 3.8) is 0 Å². The van der Waals surface area contributed by atoms with Crippen molar-refractivity contribution in [1.82, 2.24) is 0 Å². The van der Waals surface area contributed by atoms with Crippen LogP contribution in [-0.2, 0) is 14.3 Å². The fourth-order valence-corrected chi connectivity index (χ4v) is 2.36. The predicted molar refractivity (Wildman–Crippen MR) is 74.1 cm³/mol. The smallest absolute Gasteiger partial charge is 0.332 e. The van der Waals surface area contributed by atoms with Gasteiger partial charge in [0.15, 0.2) is 12.4 Å². The summed E-state index contributed by atoms with van der Waals surface area (Å²) in [6.45, 7) is 2.88. The summed E-state index contributed by atoms with van der Waals surface area (Å²) in [5.74, 6) is -0.859. The first kappa shape index (κ1) is 16.4. The average molecular weight is 272 g/mol. The Balaban J connectivity index is 2.15. The monoisotopic (exact) mass is 272 g/mol. The minimum atomic E-state index is -0.859. The Morgan fingerprint density at radius 1 is 1.26 bits per heavy atom. The molecule has 4 heteroatoms. The maximum atomic E-state index is 11.2. The second kappa shape index (κ2) is 10.2. The third-order valence-electron chi connectivity index (χ3n) is 3.55. The van der Waals surface area contributed by atoms with E-state index in [1.165, 1.54) is 25.7 Å². The molecular formula is C15H28O4.